The van der Waals surface area contributed by atoms with Crippen molar-refractivity contribution in [3.8, 4) is 5.75 Å². The monoisotopic (exact) mass is 408 g/mol. The first-order valence-corrected chi connectivity index (χ1v) is 10.5. The number of hydrogen-bond donors (Lipinski definition) is 2. The Morgan fingerprint density at radius 1 is 1.07 bits per heavy atom. The zero-order valence-corrected chi connectivity index (χ0v) is 16.9. The summed E-state index contributed by atoms with van der Waals surface area (Å²) in [5, 5.41) is 2.76. The summed E-state index contributed by atoms with van der Waals surface area (Å²) >= 11 is 0. The summed E-state index contributed by atoms with van der Waals surface area (Å²) in [6, 6.07) is 11.3. The molecule has 0 radical (unpaired) electrons. The van der Waals surface area contributed by atoms with Crippen molar-refractivity contribution >= 4 is 15.9 Å². The normalized spacial score (nSPS) is 13.6. The van der Waals surface area contributed by atoms with Crippen LogP contribution in [0.2, 0.25) is 0 Å². The van der Waals surface area contributed by atoms with Crippen molar-refractivity contribution < 1.29 is 22.3 Å². The summed E-state index contributed by atoms with van der Waals surface area (Å²) in [5.41, 5.74) is 0.776. The molecule has 2 atom stereocenters. The van der Waals surface area contributed by atoms with Crippen LogP contribution in [0.3, 0.4) is 0 Å². The lowest BCUT2D eigenvalue weighted by atomic mass is 10.1. The second-order valence-corrected chi connectivity index (χ2v) is 8.25. The van der Waals surface area contributed by atoms with Gasteiger partial charge >= 0.3 is 0 Å². The molecule has 0 spiro atoms. The molecular weight excluding hydrogens is 383 g/mol. The Labute approximate surface area is 165 Å². The van der Waals surface area contributed by atoms with Crippen LogP contribution in [0, 0.1) is 5.82 Å². The quantitative estimate of drug-likeness (QED) is 0.668. The molecule has 0 aliphatic rings. The molecule has 1 amide bonds. The van der Waals surface area contributed by atoms with E-state index in [1.807, 2.05) is 6.92 Å². The number of rotatable bonds is 9. The Hall–Kier alpha value is -2.45. The summed E-state index contributed by atoms with van der Waals surface area (Å²) < 4.78 is 45.4. The van der Waals surface area contributed by atoms with Gasteiger partial charge in [0.25, 0.3) is 5.91 Å². The van der Waals surface area contributed by atoms with Crippen LogP contribution in [-0.4, -0.2) is 27.0 Å². The Kier molecular flexibility index (Phi) is 7.53. The van der Waals surface area contributed by atoms with Gasteiger partial charge in [0.15, 0.2) is 6.61 Å². The number of nitrogens with one attached hydrogen (secondary N) is 2. The zero-order valence-electron chi connectivity index (χ0n) is 16.1. The molecule has 0 saturated heterocycles. The molecule has 0 heterocycles. The molecule has 8 heteroatoms. The number of halogens is 1. The van der Waals surface area contributed by atoms with Crippen LogP contribution in [-0.2, 0) is 14.8 Å². The van der Waals surface area contributed by atoms with Crippen LogP contribution >= 0.6 is 0 Å². The molecule has 0 aromatic heterocycles. The SMILES string of the molecule is CC[C@@H](C)NS(=O)(=O)c1ccc(OCC(=O)N[C@@H](C)c2ccc(F)cc2)cc1. The molecule has 2 N–H and O–H groups in total. The molecule has 0 fully saturated rings. The Morgan fingerprint density at radius 3 is 2.25 bits per heavy atom. The van der Waals surface area contributed by atoms with Crippen molar-refractivity contribution in [1.29, 1.82) is 0 Å². The fourth-order valence-corrected chi connectivity index (χ4v) is 3.72. The van der Waals surface area contributed by atoms with Crippen molar-refractivity contribution in [3.63, 3.8) is 0 Å². The lowest BCUT2D eigenvalue weighted by Gasteiger charge is -2.15. The Morgan fingerprint density at radius 2 is 1.68 bits per heavy atom. The highest BCUT2D eigenvalue weighted by Gasteiger charge is 2.16. The maximum atomic E-state index is 13.0. The van der Waals surface area contributed by atoms with Gasteiger partial charge in [-0.2, -0.15) is 0 Å². The van der Waals surface area contributed by atoms with Crippen molar-refractivity contribution in [2.45, 2.75) is 44.2 Å². The molecule has 0 unspecified atom stereocenters. The molecule has 152 valence electrons. The third-order valence-corrected chi connectivity index (χ3v) is 5.83. The average Bonchev–Trinajstić information content (AvgIpc) is 2.66. The van der Waals surface area contributed by atoms with Crippen molar-refractivity contribution in [1.82, 2.24) is 10.0 Å². The van der Waals surface area contributed by atoms with E-state index in [0.717, 1.165) is 5.56 Å². The fraction of sp³-hybridized carbons (Fsp3) is 0.350. The van der Waals surface area contributed by atoms with Crippen molar-refractivity contribution in [2.24, 2.45) is 0 Å². The average molecular weight is 408 g/mol. The van der Waals surface area contributed by atoms with E-state index in [4.69, 9.17) is 4.74 Å². The van der Waals surface area contributed by atoms with Gasteiger partial charge < -0.3 is 10.1 Å². The van der Waals surface area contributed by atoms with Gasteiger partial charge in [-0.15, -0.1) is 0 Å². The Balaban J connectivity index is 1.88. The molecule has 0 aliphatic carbocycles. The minimum Gasteiger partial charge on any atom is -0.484 e. The lowest BCUT2D eigenvalue weighted by Crippen LogP contribution is -2.32. The summed E-state index contributed by atoms with van der Waals surface area (Å²) in [4.78, 5) is 12.2. The second kappa shape index (κ2) is 9.66. The van der Waals surface area contributed by atoms with Crippen LogP contribution in [0.25, 0.3) is 0 Å². The van der Waals surface area contributed by atoms with E-state index in [9.17, 15) is 17.6 Å². The Bertz CT molecular complexity index is 883. The molecule has 6 nitrogen and oxygen atoms in total. The molecule has 0 aliphatic heterocycles. The predicted octanol–water partition coefficient (Wildman–Crippen LogP) is 3.16. The standard InChI is InChI=1S/C20H25FN2O4S/c1-4-14(2)23-28(25,26)19-11-9-18(10-12-19)27-13-20(24)22-15(3)16-5-7-17(21)8-6-16/h5-12,14-15,23H,4,13H2,1-3H3,(H,22,24)/t14-,15+/m1/s1. The number of carbonyl (C=O) groups excluding carboxylic acids is 1. The third kappa shape index (κ3) is 6.31. The molecule has 28 heavy (non-hydrogen) atoms. The molecular formula is C20H25FN2O4S. The maximum absolute atomic E-state index is 13.0. The van der Waals surface area contributed by atoms with Gasteiger partial charge in [0.2, 0.25) is 10.0 Å². The maximum Gasteiger partial charge on any atom is 0.258 e. The van der Waals surface area contributed by atoms with Gasteiger partial charge in [0, 0.05) is 6.04 Å². The minimum atomic E-state index is -3.58. The smallest absolute Gasteiger partial charge is 0.258 e. The first kappa shape index (κ1) is 21.8. The molecule has 0 bridgehead atoms. The molecule has 2 aromatic carbocycles. The molecule has 2 aromatic rings. The number of amides is 1. The second-order valence-electron chi connectivity index (χ2n) is 6.53. The molecule has 2 rings (SSSR count). The van der Waals surface area contributed by atoms with E-state index in [-0.39, 0.29) is 35.3 Å². The number of sulfonamides is 1. The highest BCUT2D eigenvalue weighted by Crippen LogP contribution is 2.17. The van der Waals surface area contributed by atoms with Gasteiger partial charge in [-0.1, -0.05) is 19.1 Å². The first-order valence-electron chi connectivity index (χ1n) is 9.01. The summed E-state index contributed by atoms with van der Waals surface area (Å²) in [7, 11) is -3.58. The molecule has 0 saturated carbocycles. The number of ether oxygens (including phenoxy) is 1. The number of hydrogen-bond acceptors (Lipinski definition) is 4. The minimum absolute atomic E-state index is 0.134. The third-order valence-electron chi connectivity index (χ3n) is 4.22. The highest BCUT2D eigenvalue weighted by atomic mass is 32.2. The first-order chi connectivity index (χ1) is 13.2. The van der Waals surface area contributed by atoms with Crippen LogP contribution < -0.4 is 14.8 Å². The van der Waals surface area contributed by atoms with Crippen LogP contribution in [0.4, 0.5) is 4.39 Å². The van der Waals surface area contributed by atoms with Crippen molar-refractivity contribution in [2.75, 3.05) is 6.61 Å². The van der Waals surface area contributed by atoms with E-state index in [2.05, 4.69) is 10.0 Å². The zero-order chi connectivity index (χ0) is 20.7. The fourth-order valence-electron chi connectivity index (χ4n) is 2.40. The predicted molar refractivity (Wildman–Crippen MR) is 105 cm³/mol. The van der Waals surface area contributed by atoms with Crippen LogP contribution in [0.1, 0.15) is 38.8 Å². The summed E-state index contributed by atoms with van der Waals surface area (Å²) in [6.45, 7) is 5.25. The topological polar surface area (TPSA) is 84.5 Å². The van der Waals surface area contributed by atoms with Gasteiger partial charge in [-0.25, -0.2) is 17.5 Å². The van der Waals surface area contributed by atoms with E-state index in [1.54, 1.807) is 26.0 Å². The lowest BCUT2D eigenvalue weighted by molar-refractivity contribution is -0.123. The van der Waals surface area contributed by atoms with Gasteiger partial charge in [0.05, 0.1) is 10.9 Å². The van der Waals surface area contributed by atoms with Gasteiger partial charge in [-0.3, -0.25) is 4.79 Å². The summed E-state index contributed by atoms with van der Waals surface area (Å²) in [6.07, 6.45) is 0.686. The van der Waals surface area contributed by atoms with Gasteiger partial charge in [0.1, 0.15) is 11.6 Å². The van der Waals surface area contributed by atoms with Crippen LogP contribution in [0.5, 0.6) is 5.75 Å². The number of benzene rings is 2. The largest absolute Gasteiger partial charge is 0.484 e. The van der Waals surface area contributed by atoms with E-state index >= 15 is 0 Å². The summed E-state index contributed by atoms with van der Waals surface area (Å²) in [5.74, 6) is -0.297. The van der Waals surface area contributed by atoms with E-state index in [1.165, 1.54) is 36.4 Å². The van der Waals surface area contributed by atoms with Crippen molar-refractivity contribution in [3.05, 3.63) is 59.9 Å². The van der Waals surface area contributed by atoms with E-state index in [0.29, 0.717) is 12.2 Å². The van der Waals surface area contributed by atoms with E-state index < -0.39 is 10.0 Å². The van der Waals surface area contributed by atoms with Crippen LogP contribution in [0.15, 0.2) is 53.4 Å². The highest BCUT2D eigenvalue weighted by molar-refractivity contribution is 7.89. The van der Waals surface area contributed by atoms with Gasteiger partial charge in [-0.05, 0) is 62.2 Å². The number of carbonyl (C=O) groups is 1.